The normalized spacial score (nSPS) is 12.0. The summed E-state index contributed by atoms with van der Waals surface area (Å²) in [5.74, 6) is -0.170. The van der Waals surface area contributed by atoms with Crippen molar-refractivity contribution in [2.24, 2.45) is 0 Å². The summed E-state index contributed by atoms with van der Waals surface area (Å²) >= 11 is 17.2. The lowest BCUT2D eigenvalue weighted by atomic mass is 9.85. The predicted molar refractivity (Wildman–Crippen MR) is 122 cm³/mol. The lowest BCUT2D eigenvalue weighted by molar-refractivity contribution is 0.749. The lowest BCUT2D eigenvalue weighted by Crippen LogP contribution is -2.30. The summed E-state index contributed by atoms with van der Waals surface area (Å²) in [6.07, 6.45) is 1.04. The second kappa shape index (κ2) is 8.52. The Labute approximate surface area is 187 Å². The Morgan fingerprint density at radius 2 is 1.70 bits per heavy atom. The van der Waals surface area contributed by atoms with Gasteiger partial charge in [-0.2, -0.15) is 9.78 Å². The van der Waals surface area contributed by atoms with Crippen LogP contribution in [-0.2, 0) is 0 Å². The molecule has 1 aromatic heterocycles. The van der Waals surface area contributed by atoms with Crippen LogP contribution in [0.5, 0.6) is 0 Å². The van der Waals surface area contributed by atoms with Crippen LogP contribution in [0.25, 0.3) is 5.69 Å². The number of aromatic nitrogens is 3. The molecule has 5 nitrogen and oxygen atoms in total. The van der Waals surface area contributed by atoms with Gasteiger partial charge in [-0.15, -0.1) is 12.6 Å². The van der Waals surface area contributed by atoms with Gasteiger partial charge in [-0.25, -0.2) is 4.79 Å². The van der Waals surface area contributed by atoms with Crippen molar-refractivity contribution in [3.63, 3.8) is 0 Å². The van der Waals surface area contributed by atoms with E-state index >= 15 is 0 Å². The van der Waals surface area contributed by atoms with Crippen LogP contribution in [0.4, 0.5) is 0 Å². The van der Waals surface area contributed by atoms with Gasteiger partial charge in [-0.1, -0.05) is 53.5 Å². The maximum atomic E-state index is 12.1. The topological polar surface area (TPSA) is 67.8 Å². The fourth-order valence-corrected chi connectivity index (χ4v) is 3.98. The first-order valence-electron chi connectivity index (χ1n) is 8.95. The highest BCUT2D eigenvalue weighted by molar-refractivity contribution is 7.80. The zero-order valence-electron chi connectivity index (χ0n) is 15.4. The summed E-state index contributed by atoms with van der Waals surface area (Å²) < 4.78 is 1.09. The molecule has 8 heteroatoms. The molecule has 0 aliphatic rings. The fraction of sp³-hybridized carbons (Fsp3) is 0.0455. The molecule has 1 heterocycles. The van der Waals surface area contributed by atoms with Crippen LogP contribution in [0, 0.1) is 0 Å². The third-order valence-electron chi connectivity index (χ3n) is 4.66. The van der Waals surface area contributed by atoms with Gasteiger partial charge in [0, 0.05) is 20.9 Å². The molecule has 0 aliphatic carbocycles. The Hall–Kier alpha value is -2.80. The number of rotatable bonds is 4. The van der Waals surface area contributed by atoms with E-state index < -0.39 is 11.2 Å². The number of thiol groups is 1. The number of hydrogen-bond donors (Lipinski definition) is 2. The average Bonchev–Trinajstić information content (AvgIpc) is 2.71. The van der Waals surface area contributed by atoms with E-state index in [1.54, 1.807) is 12.1 Å². The van der Waals surface area contributed by atoms with Gasteiger partial charge in [0.05, 0.1) is 5.69 Å². The van der Waals surface area contributed by atoms with Crippen molar-refractivity contribution < 1.29 is 0 Å². The van der Waals surface area contributed by atoms with E-state index in [0.29, 0.717) is 15.7 Å². The standard InChI is InChI=1S/C22H15Cl2N3O2S/c23-15-6-4-13(5-7-15)21(14-2-1-3-17(30)10-14)18-9-8-16(11-19(18)24)27-22(29)26-20(28)12-25-27/h1-12,21,30H,(H,26,28,29). The molecule has 4 aromatic rings. The van der Waals surface area contributed by atoms with Crippen LogP contribution in [-0.4, -0.2) is 14.8 Å². The van der Waals surface area contributed by atoms with Gasteiger partial charge >= 0.3 is 5.69 Å². The van der Waals surface area contributed by atoms with Gasteiger partial charge in [0.25, 0.3) is 5.56 Å². The SMILES string of the molecule is O=c1cnn(-c2ccc(C(c3ccc(Cl)cc3)c3cccc(S)c3)c(Cl)c2)c(=O)[nH]1. The Morgan fingerprint density at radius 3 is 2.37 bits per heavy atom. The second-order valence-electron chi connectivity index (χ2n) is 6.64. The molecule has 150 valence electrons. The molecule has 0 saturated heterocycles. The quantitative estimate of drug-likeness (QED) is 0.346. The summed E-state index contributed by atoms with van der Waals surface area (Å²) in [7, 11) is 0. The average molecular weight is 456 g/mol. The molecule has 0 amide bonds. The van der Waals surface area contributed by atoms with Gasteiger partial charge in [-0.3, -0.25) is 9.78 Å². The molecule has 1 unspecified atom stereocenters. The molecular weight excluding hydrogens is 441 g/mol. The highest BCUT2D eigenvalue weighted by atomic mass is 35.5. The predicted octanol–water partition coefficient (Wildman–Crippen LogP) is 4.70. The zero-order valence-corrected chi connectivity index (χ0v) is 17.8. The summed E-state index contributed by atoms with van der Waals surface area (Å²) in [5, 5.41) is 4.98. The number of hydrogen-bond acceptors (Lipinski definition) is 4. The van der Waals surface area contributed by atoms with Crippen molar-refractivity contribution >= 4 is 35.8 Å². The Bertz CT molecular complexity index is 1330. The fourth-order valence-electron chi connectivity index (χ4n) is 3.33. The third kappa shape index (κ3) is 4.21. The van der Waals surface area contributed by atoms with Crippen molar-refractivity contribution in [2.75, 3.05) is 0 Å². The van der Waals surface area contributed by atoms with Crippen LogP contribution < -0.4 is 11.2 Å². The Balaban J connectivity index is 1.86. The Kier molecular flexibility index (Phi) is 5.81. The van der Waals surface area contributed by atoms with Gasteiger partial charge in [0.15, 0.2) is 0 Å². The number of aromatic amines is 1. The minimum Gasteiger partial charge on any atom is -0.271 e. The minimum atomic E-state index is -0.636. The number of nitrogens with one attached hydrogen (secondary N) is 1. The molecule has 4 rings (SSSR count). The highest BCUT2D eigenvalue weighted by Gasteiger charge is 2.20. The second-order valence-corrected chi connectivity index (χ2v) is 8.00. The highest BCUT2D eigenvalue weighted by Crippen LogP contribution is 2.37. The zero-order chi connectivity index (χ0) is 21.3. The molecule has 0 radical (unpaired) electrons. The van der Waals surface area contributed by atoms with Gasteiger partial charge < -0.3 is 0 Å². The smallest absolute Gasteiger partial charge is 0.271 e. The third-order valence-corrected chi connectivity index (χ3v) is 5.52. The molecule has 0 aliphatic heterocycles. The summed E-state index contributed by atoms with van der Waals surface area (Å²) in [6, 6.07) is 20.7. The molecule has 1 N–H and O–H groups in total. The van der Waals surface area contributed by atoms with Crippen molar-refractivity contribution in [1.29, 1.82) is 0 Å². The number of halogens is 2. The van der Waals surface area contributed by atoms with Crippen LogP contribution in [0.15, 0.2) is 87.4 Å². The number of benzene rings is 3. The van der Waals surface area contributed by atoms with Gasteiger partial charge in [0.2, 0.25) is 0 Å². The van der Waals surface area contributed by atoms with Gasteiger partial charge in [-0.05, 0) is 53.1 Å². The molecule has 3 aromatic carbocycles. The van der Waals surface area contributed by atoms with E-state index in [1.807, 2.05) is 54.6 Å². The van der Waals surface area contributed by atoms with E-state index in [-0.39, 0.29) is 5.92 Å². The van der Waals surface area contributed by atoms with Crippen LogP contribution >= 0.6 is 35.8 Å². The molecule has 0 saturated carbocycles. The minimum absolute atomic E-state index is 0.170. The van der Waals surface area contributed by atoms with Crippen molar-refractivity contribution in [3.8, 4) is 5.69 Å². The molecule has 0 fully saturated rings. The Morgan fingerprint density at radius 1 is 0.933 bits per heavy atom. The summed E-state index contributed by atoms with van der Waals surface area (Å²) in [4.78, 5) is 26.4. The first-order valence-corrected chi connectivity index (χ1v) is 10.2. The first-order chi connectivity index (χ1) is 14.4. The summed E-state index contributed by atoms with van der Waals surface area (Å²) in [5.41, 5.74) is 2.12. The first kappa shape index (κ1) is 20.5. The van der Waals surface area contributed by atoms with E-state index in [4.69, 9.17) is 23.2 Å². The maximum Gasteiger partial charge on any atom is 0.349 e. The molecule has 30 heavy (non-hydrogen) atoms. The van der Waals surface area contributed by atoms with Crippen molar-refractivity contribution in [3.05, 3.63) is 121 Å². The van der Waals surface area contributed by atoms with E-state index in [1.165, 1.54) is 0 Å². The van der Waals surface area contributed by atoms with Crippen LogP contribution in [0.3, 0.4) is 0 Å². The van der Waals surface area contributed by atoms with Crippen molar-refractivity contribution in [1.82, 2.24) is 14.8 Å². The molecular formula is C22H15Cl2N3O2S. The largest absolute Gasteiger partial charge is 0.349 e. The summed E-state index contributed by atoms with van der Waals surface area (Å²) in [6.45, 7) is 0. The van der Waals surface area contributed by atoms with Crippen LogP contribution in [0.1, 0.15) is 22.6 Å². The lowest BCUT2D eigenvalue weighted by Gasteiger charge is -2.21. The van der Waals surface area contributed by atoms with Crippen molar-refractivity contribution in [2.45, 2.75) is 10.8 Å². The maximum absolute atomic E-state index is 12.1. The number of H-pyrrole nitrogens is 1. The van der Waals surface area contributed by atoms with Gasteiger partial charge in [0.1, 0.15) is 6.20 Å². The van der Waals surface area contributed by atoms with E-state index in [9.17, 15) is 9.59 Å². The monoisotopic (exact) mass is 455 g/mol. The number of nitrogens with zero attached hydrogens (tertiary/aromatic N) is 2. The van der Waals surface area contributed by atoms with E-state index in [0.717, 1.165) is 32.5 Å². The molecule has 0 spiro atoms. The molecule has 0 bridgehead atoms. The van der Waals surface area contributed by atoms with E-state index in [2.05, 4.69) is 22.7 Å². The van der Waals surface area contributed by atoms with Crippen LogP contribution in [0.2, 0.25) is 10.0 Å². The molecule has 1 atom stereocenters.